The van der Waals surface area contributed by atoms with Crippen LogP contribution in [-0.2, 0) is 6.42 Å². The van der Waals surface area contributed by atoms with Crippen molar-refractivity contribution in [2.75, 3.05) is 0 Å². The second-order valence-electron chi connectivity index (χ2n) is 2.78. The van der Waals surface area contributed by atoms with Crippen LogP contribution in [-0.4, -0.2) is 0 Å². The molecule has 0 aromatic heterocycles. The molecule has 1 aromatic rings. The first kappa shape index (κ1) is 11.6. The fraction of sp³-hybridized carbons (Fsp3) is 0.0909. The van der Waals surface area contributed by atoms with Gasteiger partial charge in [-0.1, -0.05) is 0 Å². The second kappa shape index (κ2) is 4.38. The van der Waals surface area contributed by atoms with Gasteiger partial charge in [-0.25, -0.2) is 13.2 Å². The van der Waals surface area contributed by atoms with Crippen molar-refractivity contribution in [3.8, 4) is 24.5 Å². The molecule has 0 N–H and O–H groups in total. The fourth-order valence-corrected chi connectivity index (χ4v) is 1.19. The van der Waals surface area contributed by atoms with Crippen molar-refractivity contribution >= 4 is 0 Å². The van der Waals surface area contributed by atoms with E-state index >= 15 is 0 Å². The number of benzene rings is 1. The number of hydrogen-bond donors (Lipinski definition) is 0. The largest absolute Gasteiger partial charge is 0.204 e. The zero-order chi connectivity index (χ0) is 12.3. The van der Waals surface area contributed by atoms with E-state index in [2.05, 4.69) is 0 Å². The summed E-state index contributed by atoms with van der Waals surface area (Å²) in [6.45, 7) is 0. The zero-order valence-electron chi connectivity index (χ0n) is 7.81. The smallest absolute Gasteiger partial charge is 0.179 e. The number of nitriles is 2. The van der Waals surface area contributed by atoms with Crippen LogP contribution in [0.3, 0.4) is 0 Å². The number of terminal acetylenes is 1. The summed E-state index contributed by atoms with van der Waals surface area (Å²) < 4.78 is 39.8. The Balaban J connectivity index is 3.75. The molecule has 0 heterocycles. The van der Waals surface area contributed by atoms with E-state index in [0.29, 0.717) is 0 Å². The Labute approximate surface area is 89.5 Å². The van der Waals surface area contributed by atoms with Gasteiger partial charge in [0.25, 0.3) is 0 Å². The van der Waals surface area contributed by atoms with E-state index in [9.17, 15) is 13.2 Å². The summed E-state index contributed by atoms with van der Waals surface area (Å²) in [6.07, 6.45) is 4.47. The molecule has 0 fully saturated rings. The Morgan fingerprint density at radius 2 is 1.50 bits per heavy atom. The molecule has 0 radical (unpaired) electrons. The van der Waals surface area contributed by atoms with Crippen LogP contribution >= 0.6 is 0 Å². The average molecular weight is 220 g/mol. The number of rotatable bonds is 1. The van der Waals surface area contributed by atoms with E-state index in [1.807, 2.05) is 5.92 Å². The van der Waals surface area contributed by atoms with Crippen LogP contribution in [0.2, 0.25) is 0 Å². The molecule has 0 unspecified atom stereocenters. The van der Waals surface area contributed by atoms with Gasteiger partial charge in [-0.3, -0.25) is 0 Å². The molecular weight excluding hydrogens is 217 g/mol. The van der Waals surface area contributed by atoms with Gasteiger partial charge >= 0.3 is 0 Å². The highest BCUT2D eigenvalue weighted by molar-refractivity contribution is 5.49. The Hall–Kier alpha value is -2.45. The van der Waals surface area contributed by atoms with E-state index in [1.165, 1.54) is 6.07 Å². The quantitative estimate of drug-likeness (QED) is 0.537. The minimum atomic E-state index is -1.62. The molecule has 0 saturated carbocycles. The van der Waals surface area contributed by atoms with Crippen LogP contribution in [0.25, 0.3) is 0 Å². The molecule has 0 spiro atoms. The van der Waals surface area contributed by atoms with Crippen LogP contribution in [0, 0.1) is 52.5 Å². The van der Waals surface area contributed by atoms with Crippen molar-refractivity contribution in [1.82, 2.24) is 0 Å². The maximum atomic E-state index is 13.4. The van der Waals surface area contributed by atoms with Gasteiger partial charge in [0.05, 0.1) is 5.56 Å². The first-order valence-corrected chi connectivity index (χ1v) is 4.01. The summed E-state index contributed by atoms with van der Waals surface area (Å²) in [5.41, 5.74) is -2.39. The van der Waals surface area contributed by atoms with E-state index < -0.39 is 40.6 Å². The monoisotopic (exact) mass is 220 g/mol. The molecule has 0 aliphatic heterocycles. The van der Waals surface area contributed by atoms with Crippen LogP contribution < -0.4 is 0 Å². The van der Waals surface area contributed by atoms with E-state index in [1.54, 1.807) is 0 Å². The summed E-state index contributed by atoms with van der Waals surface area (Å²) >= 11 is 0. The Kier molecular flexibility index (Phi) is 3.18. The van der Waals surface area contributed by atoms with Crippen LogP contribution in [0.5, 0.6) is 0 Å². The molecule has 16 heavy (non-hydrogen) atoms. The van der Waals surface area contributed by atoms with Crippen LogP contribution in [0.15, 0.2) is 0 Å². The van der Waals surface area contributed by atoms with Crippen molar-refractivity contribution < 1.29 is 13.2 Å². The maximum absolute atomic E-state index is 13.4. The minimum absolute atomic E-state index is 0.422. The van der Waals surface area contributed by atoms with Gasteiger partial charge in [-0.05, 0) is 0 Å². The molecule has 1 aromatic carbocycles. The number of nitrogens with zero attached hydrogens (tertiary/aromatic N) is 2. The number of hydrogen-bond acceptors (Lipinski definition) is 2. The lowest BCUT2D eigenvalue weighted by molar-refractivity contribution is 0.482. The molecule has 0 atom stereocenters. The van der Waals surface area contributed by atoms with Crippen LogP contribution in [0.4, 0.5) is 13.2 Å². The highest BCUT2D eigenvalue weighted by atomic mass is 19.2. The van der Waals surface area contributed by atoms with E-state index in [-0.39, 0.29) is 0 Å². The van der Waals surface area contributed by atoms with Gasteiger partial charge in [0, 0.05) is 12.0 Å². The summed E-state index contributed by atoms with van der Waals surface area (Å²) in [4.78, 5) is 0. The van der Waals surface area contributed by atoms with Gasteiger partial charge < -0.3 is 0 Å². The van der Waals surface area contributed by atoms with Gasteiger partial charge in [0.1, 0.15) is 17.7 Å². The fourth-order valence-electron chi connectivity index (χ4n) is 1.19. The lowest BCUT2D eigenvalue weighted by atomic mass is 10.0. The minimum Gasteiger partial charge on any atom is -0.204 e. The van der Waals surface area contributed by atoms with Crippen LogP contribution in [0.1, 0.15) is 16.7 Å². The Morgan fingerprint density at radius 1 is 0.938 bits per heavy atom. The van der Waals surface area contributed by atoms with Gasteiger partial charge in [-0.15, -0.1) is 12.3 Å². The molecule has 78 valence electrons. The standard InChI is InChI=1S/C11H3F3N2/c1-2-3-6-7(4-15)9(12)8(5-16)11(14)10(6)13/h1H,3H2. The highest BCUT2D eigenvalue weighted by Gasteiger charge is 2.24. The SMILES string of the molecule is C#CCc1c(F)c(F)c(C#N)c(F)c1C#N. The molecule has 1 rings (SSSR count). The van der Waals surface area contributed by atoms with Crippen molar-refractivity contribution in [3.63, 3.8) is 0 Å². The predicted octanol–water partition coefficient (Wildman–Crippen LogP) is 2.02. The summed E-state index contributed by atoms with van der Waals surface area (Å²) in [7, 11) is 0. The molecule has 0 amide bonds. The third-order valence-electron chi connectivity index (χ3n) is 1.92. The molecule has 0 aliphatic carbocycles. The first-order chi connectivity index (χ1) is 7.58. The first-order valence-electron chi connectivity index (χ1n) is 4.01. The summed E-state index contributed by atoms with van der Waals surface area (Å²) in [6, 6.07) is 2.52. The maximum Gasteiger partial charge on any atom is 0.179 e. The lowest BCUT2D eigenvalue weighted by Gasteiger charge is -2.06. The van der Waals surface area contributed by atoms with Gasteiger partial charge in [-0.2, -0.15) is 10.5 Å². The predicted molar refractivity (Wildman–Crippen MR) is 48.3 cm³/mol. The average Bonchev–Trinajstić information content (AvgIpc) is 2.27. The second-order valence-corrected chi connectivity index (χ2v) is 2.78. The molecule has 5 heteroatoms. The molecular formula is C11H3F3N2. The van der Waals surface area contributed by atoms with Crippen molar-refractivity contribution in [2.24, 2.45) is 0 Å². The normalized spacial score (nSPS) is 9.00. The topological polar surface area (TPSA) is 47.6 Å². The molecule has 0 bridgehead atoms. The lowest BCUT2D eigenvalue weighted by Crippen LogP contribution is -2.06. The Morgan fingerprint density at radius 3 is 1.94 bits per heavy atom. The third kappa shape index (κ3) is 1.58. The molecule has 2 nitrogen and oxygen atoms in total. The molecule has 0 saturated heterocycles. The van der Waals surface area contributed by atoms with Crippen molar-refractivity contribution in [3.05, 3.63) is 34.1 Å². The summed E-state index contributed by atoms with van der Waals surface area (Å²) in [5.74, 6) is -2.47. The Bertz CT molecular complexity index is 571. The van der Waals surface area contributed by atoms with E-state index in [0.717, 1.165) is 6.07 Å². The summed E-state index contributed by atoms with van der Waals surface area (Å²) in [5, 5.41) is 17.0. The van der Waals surface area contributed by atoms with Crippen molar-refractivity contribution in [1.29, 1.82) is 10.5 Å². The zero-order valence-corrected chi connectivity index (χ0v) is 7.81. The van der Waals surface area contributed by atoms with E-state index in [4.69, 9.17) is 16.9 Å². The van der Waals surface area contributed by atoms with Gasteiger partial charge in [0.15, 0.2) is 17.5 Å². The van der Waals surface area contributed by atoms with Gasteiger partial charge in [0.2, 0.25) is 0 Å². The highest BCUT2D eigenvalue weighted by Crippen LogP contribution is 2.24. The van der Waals surface area contributed by atoms with Crippen molar-refractivity contribution in [2.45, 2.75) is 6.42 Å². The third-order valence-corrected chi connectivity index (χ3v) is 1.92. The number of halogens is 3. The molecule has 0 aliphatic rings.